The number of hydrogen-bond acceptors (Lipinski definition) is 3. The number of carbonyl (C=O) groups is 1. The molecule has 88 valence electrons. The Bertz CT molecular complexity index is 413. The molecule has 4 heteroatoms. The number of halogens is 1. The second-order valence-corrected chi connectivity index (χ2v) is 3.73. The highest BCUT2D eigenvalue weighted by Crippen LogP contribution is 2.33. The molecular weight excluding hydrogens is 228 g/mol. The summed E-state index contributed by atoms with van der Waals surface area (Å²) in [6.45, 7) is 3.81. The summed E-state index contributed by atoms with van der Waals surface area (Å²) in [5, 5.41) is 0. The van der Waals surface area contributed by atoms with E-state index >= 15 is 0 Å². The molecule has 0 atom stereocenters. The van der Waals surface area contributed by atoms with Crippen LogP contribution in [0, 0.1) is 13.8 Å². The highest BCUT2D eigenvalue weighted by atomic mass is 35.5. The first-order valence-electron chi connectivity index (χ1n) is 4.88. The lowest BCUT2D eigenvalue weighted by atomic mass is 10.0. The normalized spacial score (nSPS) is 10.1. The second kappa shape index (κ2) is 5.21. The summed E-state index contributed by atoms with van der Waals surface area (Å²) in [4.78, 5) is 11.7. The molecule has 0 aliphatic heterocycles. The molecule has 1 aromatic rings. The van der Waals surface area contributed by atoms with Gasteiger partial charge in [-0.1, -0.05) is 0 Å². The van der Waals surface area contributed by atoms with Crippen molar-refractivity contribution in [2.75, 3.05) is 20.1 Å². The molecule has 1 aromatic carbocycles. The smallest absolute Gasteiger partial charge is 0.181 e. The van der Waals surface area contributed by atoms with E-state index in [1.807, 2.05) is 13.8 Å². The number of ether oxygens (including phenoxy) is 2. The van der Waals surface area contributed by atoms with E-state index in [0.717, 1.165) is 11.1 Å². The van der Waals surface area contributed by atoms with Crippen LogP contribution in [-0.2, 0) is 0 Å². The van der Waals surface area contributed by atoms with E-state index in [2.05, 4.69) is 0 Å². The van der Waals surface area contributed by atoms with Crippen LogP contribution in [0.4, 0.5) is 0 Å². The van der Waals surface area contributed by atoms with Crippen LogP contribution >= 0.6 is 11.6 Å². The van der Waals surface area contributed by atoms with Crippen molar-refractivity contribution in [3.63, 3.8) is 0 Å². The van der Waals surface area contributed by atoms with Gasteiger partial charge in [0.1, 0.15) is 11.5 Å². The minimum Gasteiger partial charge on any atom is -0.496 e. The highest BCUT2D eigenvalue weighted by molar-refractivity contribution is 6.30. The fraction of sp³-hybridized carbons (Fsp3) is 0.417. The number of Topliss-reactive ketones (excluding diaryl/α,β-unsaturated/α-hetero) is 1. The first-order chi connectivity index (χ1) is 7.56. The van der Waals surface area contributed by atoms with Crippen LogP contribution in [0.25, 0.3) is 0 Å². The first kappa shape index (κ1) is 12.8. The van der Waals surface area contributed by atoms with Gasteiger partial charge in [0.25, 0.3) is 0 Å². The molecule has 0 aliphatic rings. The SMILES string of the molecule is COc1cc(C(=O)CCl)c(OC)c(C)c1C. The number of alkyl halides is 1. The maximum atomic E-state index is 11.7. The standard InChI is InChI=1S/C12H15ClO3/c1-7-8(2)12(16-4)9(10(14)6-13)5-11(7)15-3/h5H,6H2,1-4H3. The van der Waals surface area contributed by atoms with Crippen LogP contribution in [0.1, 0.15) is 21.5 Å². The van der Waals surface area contributed by atoms with Crippen molar-refractivity contribution in [3.8, 4) is 11.5 Å². The molecule has 1 rings (SSSR count). The molecular formula is C12H15ClO3. The van der Waals surface area contributed by atoms with Gasteiger partial charge in [-0.15, -0.1) is 11.6 Å². The summed E-state index contributed by atoms with van der Waals surface area (Å²) >= 11 is 5.56. The van der Waals surface area contributed by atoms with Crippen LogP contribution < -0.4 is 9.47 Å². The van der Waals surface area contributed by atoms with Gasteiger partial charge in [-0.05, 0) is 31.0 Å². The second-order valence-electron chi connectivity index (χ2n) is 3.47. The quantitative estimate of drug-likeness (QED) is 0.602. The number of ketones is 1. The van der Waals surface area contributed by atoms with Crippen molar-refractivity contribution in [3.05, 3.63) is 22.8 Å². The van der Waals surface area contributed by atoms with Crippen molar-refractivity contribution >= 4 is 17.4 Å². The summed E-state index contributed by atoms with van der Waals surface area (Å²) in [6.07, 6.45) is 0. The van der Waals surface area contributed by atoms with Crippen LogP contribution in [0.15, 0.2) is 6.07 Å². The number of methoxy groups -OCH3 is 2. The summed E-state index contributed by atoms with van der Waals surface area (Å²) < 4.78 is 10.5. The molecule has 0 unspecified atom stereocenters. The summed E-state index contributed by atoms with van der Waals surface area (Å²) in [6, 6.07) is 1.67. The topological polar surface area (TPSA) is 35.5 Å². The van der Waals surface area contributed by atoms with E-state index in [-0.39, 0.29) is 11.7 Å². The Morgan fingerprint density at radius 3 is 2.31 bits per heavy atom. The molecule has 0 bridgehead atoms. The fourth-order valence-electron chi connectivity index (χ4n) is 1.62. The third-order valence-electron chi connectivity index (χ3n) is 2.64. The third kappa shape index (κ3) is 2.14. The Labute approximate surface area is 100 Å². The zero-order valence-electron chi connectivity index (χ0n) is 9.89. The number of rotatable bonds is 4. The number of carbonyl (C=O) groups excluding carboxylic acids is 1. The van der Waals surface area contributed by atoms with Gasteiger partial charge >= 0.3 is 0 Å². The maximum absolute atomic E-state index is 11.7. The van der Waals surface area contributed by atoms with Gasteiger partial charge in [0.05, 0.1) is 25.7 Å². The summed E-state index contributed by atoms with van der Waals surface area (Å²) in [5.41, 5.74) is 2.33. The van der Waals surface area contributed by atoms with Crippen molar-refractivity contribution in [2.24, 2.45) is 0 Å². The highest BCUT2D eigenvalue weighted by Gasteiger charge is 2.18. The largest absolute Gasteiger partial charge is 0.496 e. The van der Waals surface area contributed by atoms with Gasteiger partial charge in [-0.25, -0.2) is 0 Å². The van der Waals surface area contributed by atoms with E-state index in [4.69, 9.17) is 21.1 Å². The van der Waals surface area contributed by atoms with Gasteiger partial charge in [-0.3, -0.25) is 4.79 Å². The van der Waals surface area contributed by atoms with Gasteiger partial charge in [-0.2, -0.15) is 0 Å². The maximum Gasteiger partial charge on any atom is 0.181 e. The summed E-state index contributed by atoms with van der Waals surface area (Å²) in [5.74, 6) is 1.01. The predicted molar refractivity (Wildman–Crippen MR) is 64.1 cm³/mol. The Morgan fingerprint density at radius 1 is 1.25 bits per heavy atom. The molecule has 0 aromatic heterocycles. The Kier molecular flexibility index (Phi) is 4.19. The molecule has 3 nitrogen and oxygen atoms in total. The van der Waals surface area contributed by atoms with Crippen LogP contribution in [0.5, 0.6) is 11.5 Å². The van der Waals surface area contributed by atoms with Crippen LogP contribution in [0.3, 0.4) is 0 Å². The predicted octanol–water partition coefficient (Wildman–Crippen LogP) is 2.74. The van der Waals surface area contributed by atoms with Gasteiger partial charge < -0.3 is 9.47 Å². The fourth-order valence-corrected chi connectivity index (χ4v) is 1.76. The minimum absolute atomic E-state index is 0.0674. The molecule has 16 heavy (non-hydrogen) atoms. The summed E-state index contributed by atoms with van der Waals surface area (Å²) in [7, 11) is 3.11. The zero-order chi connectivity index (χ0) is 12.3. The van der Waals surface area contributed by atoms with E-state index in [0.29, 0.717) is 17.1 Å². The Hall–Kier alpha value is -1.22. The van der Waals surface area contributed by atoms with Gasteiger partial charge in [0.15, 0.2) is 5.78 Å². The van der Waals surface area contributed by atoms with Crippen molar-refractivity contribution in [2.45, 2.75) is 13.8 Å². The van der Waals surface area contributed by atoms with Gasteiger partial charge in [0.2, 0.25) is 0 Å². The molecule has 0 heterocycles. The molecule has 0 fully saturated rings. The molecule has 0 N–H and O–H groups in total. The number of benzene rings is 1. The van der Waals surface area contributed by atoms with E-state index in [1.54, 1.807) is 20.3 Å². The lowest BCUT2D eigenvalue weighted by Crippen LogP contribution is -2.07. The molecule has 0 aliphatic carbocycles. The van der Waals surface area contributed by atoms with E-state index in [1.165, 1.54) is 0 Å². The molecule has 0 spiro atoms. The monoisotopic (exact) mass is 242 g/mol. The average Bonchev–Trinajstić information content (AvgIpc) is 2.31. The van der Waals surface area contributed by atoms with Crippen LogP contribution in [-0.4, -0.2) is 25.9 Å². The average molecular weight is 243 g/mol. The van der Waals surface area contributed by atoms with E-state index in [9.17, 15) is 4.79 Å². The Balaban J connectivity index is 3.47. The first-order valence-corrected chi connectivity index (χ1v) is 5.41. The lowest BCUT2D eigenvalue weighted by Gasteiger charge is -2.15. The molecule has 0 radical (unpaired) electrons. The third-order valence-corrected chi connectivity index (χ3v) is 2.88. The molecule has 0 amide bonds. The zero-order valence-corrected chi connectivity index (χ0v) is 10.6. The van der Waals surface area contributed by atoms with Crippen molar-refractivity contribution in [1.82, 2.24) is 0 Å². The molecule has 0 saturated heterocycles. The lowest BCUT2D eigenvalue weighted by molar-refractivity contribution is 0.101. The van der Waals surface area contributed by atoms with Crippen molar-refractivity contribution in [1.29, 1.82) is 0 Å². The minimum atomic E-state index is -0.167. The van der Waals surface area contributed by atoms with Gasteiger partial charge in [0, 0.05) is 0 Å². The van der Waals surface area contributed by atoms with E-state index < -0.39 is 0 Å². The van der Waals surface area contributed by atoms with Crippen molar-refractivity contribution < 1.29 is 14.3 Å². The Morgan fingerprint density at radius 2 is 1.88 bits per heavy atom. The molecule has 0 saturated carbocycles. The van der Waals surface area contributed by atoms with Crippen LogP contribution in [0.2, 0.25) is 0 Å². The number of hydrogen-bond donors (Lipinski definition) is 0.